The van der Waals surface area contributed by atoms with E-state index < -0.39 is 0 Å². The first-order valence-electron chi connectivity index (χ1n) is 6.67. The summed E-state index contributed by atoms with van der Waals surface area (Å²) in [7, 11) is 0. The van der Waals surface area contributed by atoms with E-state index in [0.29, 0.717) is 18.2 Å². The molecular weight excluding hydrogens is 210 g/mol. The third-order valence-corrected chi connectivity index (χ3v) is 3.26. The minimum atomic E-state index is 0.387. The van der Waals surface area contributed by atoms with Crippen LogP contribution in [-0.2, 0) is 11.2 Å². The summed E-state index contributed by atoms with van der Waals surface area (Å²) in [5.74, 6) is 0. The molecule has 0 aliphatic carbocycles. The van der Waals surface area contributed by atoms with Crippen LogP contribution in [0.2, 0.25) is 0 Å². The van der Waals surface area contributed by atoms with E-state index in [1.165, 1.54) is 18.4 Å². The second-order valence-corrected chi connectivity index (χ2v) is 5.17. The normalized spacial score (nSPS) is 21.9. The van der Waals surface area contributed by atoms with E-state index >= 15 is 0 Å². The Kier molecular flexibility index (Phi) is 4.57. The second-order valence-electron chi connectivity index (χ2n) is 5.17. The zero-order valence-electron chi connectivity index (χ0n) is 10.9. The molecule has 0 unspecified atom stereocenters. The van der Waals surface area contributed by atoms with E-state index in [0.717, 1.165) is 13.0 Å². The van der Waals surface area contributed by atoms with Crippen LogP contribution < -0.4 is 5.32 Å². The number of rotatable bonds is 5. The Morgan fingerprint density at radius 2 is 2.06 bits per heavy atom. The maximum absolute atomic E-state index is 5.83. The van der Waals surface area contributed by atoms with Crippen molar-refractivity contribution >= 4 is 0 Å². The van der Waals surface area contributed by atoms with Gasteiger partial charge < -0.3 is 10.1 Å². The van der Waals surface area contributed by atoms with Crippen LogP contribution >= 0.6 is 0 Å². The van der Waals surface area contributed by atoms with Crippen LogP contribution in [0.1, 0.15) is 32.3 Å². The van der Waals surface area contributed by atoms with Gasteiger partial charge in [-0.15, -0.1) is 0 Å². The third kappa shape index (κ3) is 3.83. The van der Waals surface area contributed by atoms with E-state index in [2.05, 4.69) is 49.5 Å². The Balaban J connectivity index is 1.99. The lowest BCUT2D eigenvalue weighted by Crippen LogP contribution is -2.44. The quantitative estimate of drug-likeness (QED) is 0.844. The van der Waals surface area contributed by atoms with Gasteiger partial charge in [-0.1, -0.05) is 44.2 Å². The summed E-state index contributed by atoms with van der Waals surface area (Å²) in [6, 6.07) is 11.6. The highest BCUT2D eigenvalue weighted by Crippen LogP contribution is 2.19. The van der Waals surface area contributed by atoms with Gasteiger partial charge in [0.15, 0.2) is 0 Å². The molecule has 1 aromatic carbocycles. The standard InChI is InChI=1S/C15H23NO/c1-12(2)16-14(15-9-6-10-17-15)11-13-7-4-3-5-8-13/h3-5,7-8,12,14-16H,6,9-11H2,1-2H3/t14-,15-/m1/s1. The Hall–Kier alpha value is -0.860. The van der Waals surface area contributed by atoms with E-state index in [1.807, 2.05) is 0 Å². The molecule has 0 radical (unpaired) electrons. The topological polar surface area (TPSA) is 21.3 Å². The van der Waals surface area contributed by atoms with Crippen molar-refractivity contribution < 1.29 is 4.74 Å². The van der Waals surface area contributed by atoms with Gasteiger partial charge in [0.25, 0.3) is 0 Å². The van der Waals surface area contributed by atoms with Gasteiger partial charge in [-0.05, 0) is 24.8 Å². The minimum absolute atomic E-state index is 0.387. The van der Waals surface area contributed by atoms with Gasteiger partial charge in [-0.2, -0.15) is 0 Å². The van der Waals surface area contributed by atoms with Crippen molar-refractivity contribution in [2.24, 2.45) is 0 Å². The Labute approximate surface area is 104 Å². The molecule has 0 amide bonds. The van der Waals surface area contributed by atoms with Gasteiger partial charge in [0.2, 0.25) is 0 Å². The first-order chi connectivity index (χ1) is 8.25. The van der Waals surface area contributed by atoms with Crippen molar-refractivity contribution in [1.29, 1.82) is 0 Å². The summed E-state index contributed by atoms with van der Waals surface area (Å²) in [6.07, 6.45) is 3.84. The molecule has 0 spiro atoms. The van der Waals surface area contributed by atoms with Gasteiger partial charge in [-0.3, -0.25) is 0 Å². The van der Waals surface area contributed by atoms with Crippen molar-refractivity contribution in [2.45, 2.75) is 51.3 Å². The molecule has 0 saturated carbocycles. The van der Waals surface area contributed by atoms with E-state index in [1.54, 1.807) is 0 Å². The fourth-order valence-corrected chi connectivity index (χ4v) is 2.51. The monoisotopic (exact) mass is 233 g/mol. The first-order valence-corrected chi connectivity index (χ1v) is 6.67. The maximum atomic E-state index is 5.83. The number of hydrogen-bond donors (Lipinski definition) is 1. The van der Waals surface area contributed by atoms with Crippen LogP contribution in [0.5, 0.6) is 0 Å². The van der Waals surface area contributed by atoms with Gasteiger partial charge in [0.1, 0.15) is 0 Å². The summed E-state index contributed by atoms with van der Waals surface area (Å²) < 4.78 is 5.83. The molecule has 0 bridgehead atoms. The first kappa shape index (κ1) is 12.6. The summed E-state index contributed by atoms with van der Waals surface area (Å²) in [5, 5.41) is 3.65. The van der Waals surface area contributed by atoms with Crippen molar-refractivity contribution in [1.82, 2.24) is 5.32 Å². The van der Waals surface area contributed by atoms with Crippen LogP contribution in [0.3, 0.4) is 0 Å². The highest BCUT2D eigenvalue weighted by molar-refractivity contribution is 5.16. The largest absolute Gasteiger partial charge is 0.377 e. The van der Waals surface area contributed by atoms with E-state index in [-0.39, 0.29) is 0 Å². The molecule has 1 aliphatic rings. The lowest BCUT2D eigenvalue weighted by atomic mass is 9.99. The summed E-state index contributed by atoms with van der Waals surface area (Å²) in [6.45, 7) is 5.33. The predicted octanol–water partition coefficient (Wildman–Crippen LogP) is 2.77. The molecule has 1 aliphatic heterocycles. The third-order valence-electron chi connectivity index (χ3n) is 3.26. The Morgan fingerprint density at radius 1 is 1.29 bits per heavy atom. The average Bonchev–Trinajstić information content (AvgIpc) is 2.82. The smallest absolute Gasteiger partial charge is 0.0732 e. The zero-order valence-corrected chi connectivity index (χ0v) is 10.9. The molecule has 1 fully saturated rings. The van der Waals surface area contributed by atoms with Crippen LogP contribution in [0.4, 0.5) is 0 Å². The van der Waals surface area contributed by atoms with Gasteiger partial charge in [0, 0.05) is 18.7 Å². The Bertz CT molecular complexity index is 317. The van der Waals surface area contributed by atoms with Crippen molar-refractivity contribution in [3.63, 3.8) is 0 Å². The van der Waals surface area contributed by atoms with Crippen LogP contribution in [0.15, 0.2) is 30.3 Å². The van der Waals surface area contributed by atoms with Gasteiger partial charge in [0.05, 0.1) is 6.10 Å². The van der Waals surface area contributed by atoms with Crippen molar-refractivity contribution in [3.8, 4) is 0 Å². The number of nitrogens with one attached hydrogen (secondary N) is 1. The van der Waals surface area contributed by atoms with Gasteiger partial charge in [-0.25, -0.2) is 0 Å². The molecule has 1 aromatic rings. The number of benzene rings is 1. The molecule has 2 atom stereocenters. The van der Waals surface area contributed by atoms with Crippen molar-refractivity contribution in [2.75, 3.05) is 6.61 Å². The second kappa shape index (κ2) is 6.18. The average molecular weight is 233 g/mol. The molecule has 2 heteroatoms. The Morgan fingerprint density at radius 3 is 2.65 bits per heavy atom. The van der Waals surface area contributed by atoms with E-state index in [9.17, 15) is 0 Å². The molecular formula is C15H23NO. The molecule has 2 rings (SSSR count). The molecule has 1 heterocycles. The maximum Gasteiger partial charge on any atom is 0.0732 e. The lowest BCUT2D eigenvalue weighted by Gasteiger charge is -2.26. The van der Waals surface area contributed by atoms with Gasteiger partial charge >= 0.3 is 0 Å². The molecule has 94 valence electrons. The predicted molar refractivity (Wildman–Crippen MR) is 71.2 cm³/mol. The number of ether oxygens (including phenoxy) is 1. The molecule has 1 N–H and O–H groups in total. The fourth-order valence-electron chi connectivity index (χ4n) is 2.51. The summed E-state index contributed by atoms with van der Waals surface area (Å²) in [4.78, 5) is 0. The SMILES string of the molecule is CC(C)N[C@H](Cc1ccccc1)[C@H]1CCCO1. The summed E-state index contributed by atoms with van der Waals surface area (Å²) >= 11 is 0. The highest BCUT2D eigenvalue weighted by atomic mass is 16.5. The number of hydrogen-bond acceptors (Lipinski definition) is 2. The molecule has 2 nitrogen and oxygen atoms in total. The van der Waals surface area contributed by atoms with E-state index in [4.69, 9.17) is 4.74 Å². The highest BCUT2D eigenvalue weighted by Gasteiger charge is 2.26. The zero-order chi connectivity index (χ0) is 12.1. The molecule has 1 saturated heterocycles. The van der Waals surface area contributed by atoms with Crippen LogP contribution in [0.25, 0.3) is 0 Å². The minimum Gasteiger partial charge on any atom is -0.377 e. The van der Waals surface area contributed by atoms with Crippen LogP contribution in [0, 0.1) is 0 Å². The summed E-state index contributed by atoms with van der Waals surface area (Å²) in [5.41, 5.74) is 1.39. The lowest BCUT2D eigenvalue weighted by molar-refractivity contribution is 0.0755. The molecule has 17 heavy (non-hydrogen) atoms. The molecule has 0 aromatic heterocycles. The fraction of sp³-hybridized carbons (Fsp3) is 0.600. The van der Waals surface area contributed by atoms with Crippen LogP contribution in [-0.4, -0.2) is 24.8 Å². The van der Waals surface area contributed by atoms with Crippen molar-refractivity contribution in [3.05, 3.63) is 35.9 Å².